The van der Waals surface area contributed by atoms with E-state index >= 15 is 0 Å². The predicted octanol–water partition coefficient (Wildman–Crippen LogP) is 8.96. The number of benzene rings is 5. The van der Waals surface area contributed by atoms with Gasteiger partial charge in [-0.05, 0) is 46.0 Å². The molecule has 3 nitrogen and oxygen atoms in total. The first-order chi connectivity index (χ1) is 15.7. The highest BCUT2D eigenvalue weighted by atomic mass is 32.1. The van der Waals surface area contributed by atoms with Crippen molar-refractivity contribution in [2.45, 2.75) is 13.8 Å². The quantitative estimate of drug-likeness (QED) is 0.155. The number of nitrogens with zero attached hydrogens (tertiary/aromatic N) is 1. The average Bonchev–Trinajstić information content (AvgIpc) is 3.22. The van der Waals surface area contributed by atoms with Crippen molar-refractivity contribution in [2.75, 3.05) is 0 Å². The standard InChI is InChI=1S/C26H15NO2S.C2H6/c28-27(29)26-21-11-4-2-8-18(21)17-7-1-3-10-20(17)25(26)16-13-14-24-22(15-16)19-9-5-6-12-23(19)30-24;1-2/h1-15H;1-2H3. The summed E-state index contributed by atoms with van der Waals surface area (Å²) in [5, 5.41) is 18.1. The van der Waals surface area contributed by atoms with Gasteiger partial charge >= 0.3 is 0 Å². The van der Waals surface area contributed by atoms with Crippen molar-refractivity contribution in [3.8, 4) is 11.1 Å². The molecule has 32 heavy (non-hydrogen) atoms. The maximum Gasteiger partial charge on any atom is 0.285 e. The van der Waals surface area contributed by atoms with E-state index in [2.05, 4.69) is 24.3 Å². The first-order valence-corrected chi connectivity index (χ1v) is 11.5. The van der Waals surface area contributed by atoms with Gasteiger partial charge in [-0.25, -0.2) is 0 Å². The molecule has 0 aliphatic rings. The van der Waals surface area contributed by atoms with Crippen LogP contribution in [0.4, 0.5) is 5.69 Å². The van der Waals surface area contributed by atoms with Crippen LogP contribution in [0.15, 0.2) is 91.0 Å². The van der Waals surface area contributed by atoms with Crippen molar-refractivity contribution < 1.29 is 4.92 Å². The molecule has 0 aliphatic carbocycles. The first kappa shape index (κ1) is 20.2. The lowest BCUT2D eigenvalue weighted by atomic mass is 9.90. The van der Waals surface area contributed by atoms with Crippen LogP contribution in [0.2, 0.25) is 0 Å². The van der Waals surface area contributed by atoms with Crippen molar-refractivity contribution in [3.05, 3.63) is 101 Å². The molecule has 0 saturated heterocycles. The van der Waals surface area contributed by atoms with Crippen LogP contribution in [0, 0.1) is 10.1 Å². The molecule has 4 heteroatoms. The lowest BCUT2D eigenvalue weighted by molar-refractivity contribution is -0.382. The monoisotopic (exact) mass is 435 g/mol. The van der Waals surface area contributed by atoms with Crippen LogP contribution in [0.25, 0.3) is 52.8 Å². The minimum absolute atomic E-state index is 0.170. The van der Waals surface area contributed by atoms with Gasteiger partial charge in [-0.3, -0.25) is 10.1 Å². The molecule has 0 atom stereocenters. The Balaban J connectivity index is 0.00000105. The van der Waals surface area contributed by atoms with Crippen molar-refractivity contribution >= 4 is 58.7 Å². The van der Waals surface area contributed by atoms with Crippen LogP contribution in [-0.2, 0) is 0 Å². The van der Waals surface area contributed by atoms with Gasteiger partial charge in [0.05, 0.1) is 15.9 Å². The van der Waals surface area contributed by atoms with Gasteiger partial charge in [0.25, 0.3) is 5.69 Å². The lowest BCUT2D eigenvalue weighted by Gasteiger charge is -2.12. The molecule has 0 aliphatic heterocycles. The highest BCUT2D eigenvalue weighted by molar-refractivity contribution is 7.25. The van der Waals surface area contributed by atoms with Gasteiger partial charge in [0.1, 0.15) is 0 Å². The fourth-order valence-electron chi connectivity index (χ4n) is 4.49. The van der Waals surface area contributed by atoms with Crippen LogP contribution in [0.5, 0.6) is 0 Å². The zero-order valence-electron chi connectivity index (χ0n) is 17.8. The topological polar surface area (TPSA) is 43.1 Å². The number of hydrogen-bond acceptors (Lipinski definition) is 3. The molecule has 1 aromatic heterocycles. The van der Waals surface area contributed by atoms with E-state index in [9.17, 15) is 10.1 Å². The molecule has 0 saturated carbocycles. The molecular formula is C28H21NO2S. The van der Waals surface area contributed by atoms with Crippen LogP contribution in [-0.4, -0.2) is 4.92 Å². The zero-order valence-corrected chi connectivity index (χ0v) is 18.6. The molecule has 156 valence electrons. The van der Waals surface area contributed by atoms with E-state index in [0.29, 0.717) is 10.9 Å². The van der Waals surface area contributed by atoms with Gasteiger partial charge in [0, 0.05) is 20.2 Å². The van der Waals surface area contributed by atoms with Gasteiger partial charge in [-0.1, -0.05) is 80.6 Å². The third kappa shape index (κ3) is 3.03. The second-order valence-corrected chi connectivity index (χ2v) is 8.46. The molecule has 0 spiro atoms. The van der Waals surface area contributed by atoms with Gasteiger partial charge in [-0.2, -0.15) is 0 Å². The van der Waals surface area contributed by atoms with Gasteiger partial charge < -0.3 is 0 Å². The molecule has 6 rings (SSSR count). The van der Waals surface area contributed by atoms with Crippen molar-refractivity contribution in [1.29, 1.82) is 0 Å². The largest absolute Gasteiger partial charge is 0.285 e. The summed E-state index contributed by atoms with van der Waals surface area (Å²) >= 11 is 1.75. The number of fused-ring (bicyclic) bond motifs is 6. The van der Waals surface area contributed by atoms with Crippen LogP contribution in [0.3, 0.4) is 0 Å². The number of nitro benzene ring substituents is 1. The maximum absolute atomic E-state index is 12.3. The van der Waals surface area contributed by atoms with Gasteiger partial charge in [0.2, 0.25) is 0 Å². The Bertz CT molecular complexity index is 1630. The predicted molar refractivity (Wildman–Crippen MR) is 138 cm³/mol. The van der Waals surface area contributed by atoms with E-state index in [-0.39, 0.29) is 10.6 Å². The number of thiophene rings is 1. The van der Waals surface area contributed by atoms with Gasteiger partial charge in [0.15, 0.2) is 0 Å². The molecule has 0 unspecified atom stereocenters. The molecule has 0 radical (unpaired) electrons. The molecule has 0 amide bonds. The van der Waals surface area contributed by atoms with E-state index in [1.165, 1.54) is 14.8 Å². The van der Waals surface area contributed by atoms with Crippen molar-refractivity contribution in [1.82, 2.24) is 0 Å². The summed E-state index contributed by atoms with van der Waals surface area (Å²) in [4.78, 5) is 12.1. The Labute approximate surface area is 189 Å². The van der Waals surface area contributed by atoms with Crippen molar-refractivity contribution in [3.63, 3.8) is 0 Å². The van der Waals surface area contributed by atoms with Crippen LogP contribution >= 0.6 is 11.3 Å². The maximum atomic E-state index is 12.3. The Morgan fingerprint density at radius 1 is 0.625 bits per heavy atom. The molecular weight excluding hydrogens is 414 g/mol. The highest BCUT2D eigenvalue weighted by Gasteiger charge is 2.24. The van der Waals surface area contributed by atoms with E-state index in [1.807, 2.05) is 80.6 Å². The minimum Gasteiger partial charge on any atom is -0.258 e. The third-order valence-corrected chi connectivity index (χ3v) is 6.91. The average molecular weight is 436 g/mol. The Morgan fingerprint density at radius 3 is 1.84 bits per heavy atom. The number of hydrogen-bond donors (Lipinski definition) is 0. The summed E-state index contributed by atoms with van der Waals surface area (Å²) in [5.41, 5.74) is 1.73. The van der Waals surface area contributed by atoms with E-state index < -0.39 is 0 Å². The molecule has 6 aromatic rings. The Hall–Kier alpha value is -3.76. The summed E-state index contributed by atoms with van der Waals surface area (Å²) in [6.45, 7) is 4.00. The molecule has 0 N–H and O–H groups in total. The lowest BCUT2D eigenvalue weighted by Crippen LogP contribution is -1.96. The van der Waals surface area contributed by atoms with E-state index in [1.54, 1.807) is 11.3 Å². The molecule has 5 aromatic carbocycles. The first-order valence-electron chi connectivity index (χ1n) is 10.7. The Kier molecular flexibility index (Phi) is 5.08. The van der Waals surface area contributed by atoms with E-state index in [4.69, 9.17) is 0 Å². The minimum atomic E-state index is -0.236. The summed E-state index contributed by atoms with van der Waals surface area (Å²) in [7, 11) is 0. The number of rotatable bonds is 2. The smallest absolute Gasteiger partial charge is 0.258 e. The van der Waals surface area contributed by atoms with Crippen LogP contribution < -0.4 is 0 Å². The number of nitro groups is 1. The molecule has 0 fully saturated rings. The SMILES string of the molecule is CC.O=[N+]([O-])c1c(-c2ccc3sc4ccccc4c3c2)c2ccccc2c2ccccc12. The Morgan fingerprint density at radius 2 is 1.16 bits per heavy atom. The summed E-state index contributed by atoms with van der Waals surface area (Å²) in [6, 6.07) is 30.1. The molecule has 0 bridgehead atoms. The highest BCUT2D eigenvalue weighted by Crippen LogP contribution is 2.45. The summed E-state index contributed by atoms with van der Waals surface area (Å²) in [5.74, 6) is 0. The third-order valence-electron chi connectivity index (χ3n) is 5.75. The van der Waals surface area contributed by atoms with Crippen molar-refractivity contribution in [2.24, 2.45) is 0 Å². The second kappa shape index (κ2) is 8.06. The normalized spacial score (nSPS) is 11.1. The molecule has 1 heterocycles. The fourth-order valence-corrected chi connectivity index (χ4v) is 5.57. The summed E-state index contributed by atoms with van der Waals surface area (Å²) in [6.07, 6.45) is 0. The van der Waals surface area contributed by atoms with Gasteiger partial charge in [-0.15, -0.1) is 11.3 Å². The van der Waals surface area contributed by atoms with E-state index in [0.717, 1.165) is 27.1 Å². The second-order valence-electron chi connectivity index (χ2n) is 7.38. The summed E-state index contributed by atoms with van der Waals surface area (Å²) < 4.78 is 2.41. The fraction of sp³-hybridized carbons (Fsp3) is 0.0714. The van der Waals surface area contributed by atoms with Crippen LogP contribution in [0.1, 0.15) is 13.8 Å². The zero-order chi connectivity index (χ0) is 22.2.